The zero-order valence-electron chi connectivity index (χ0n) is 7.92. The third-order valence-electron chi connectivity index (χ3n) is 1.55. The van der Waals surface area contributed by atoms with Crippen LogP contribution in [0, 0.1) is 5.92 Å². The summed E-state index contributed by atoms with van der Waals surface area (Å²) in [6.45, 7) is 1.19. The zero-order valence-corrected chi connectivity index (χ0v) is 8.73. The van der Waals surface area contributed by atoms with Crippen LogP contribution in [-0.2, 0) is 20.3 Å². The van der Waals surface area contributed by atoms with Crippen molar-refractivity contribution < 1.29 is 18.1 Å². The molecule has 0 aliphatic carbocycles. The van der Waals surface area contributed by atoms with Crippen molar-refractivity contribution in [1.29, 1.82) is 0 Å². The quantitative estimate of drug-likeness (QED) is 0.612. The molecule has 0 bridgehead atoms. The molecule has 3 nitrogen and oxygen atoms in total. The minimum absolute atomic E-state index is 0.257. The van der Waals surface area contributed by atoms with Crippen LogP contribution < -0.4 is 0 Å². The molecular weight excluding hydrogens is 195 g/mol. The molecule has 0 aromatic rings. The van der Waals surface area contributed by atoms with E-state index in [0.29, 0.717) is 12.2 Å². The van der Waals surface area contributed by atoms with E-state index in [4.69, 9.17) is 0 Å². The molecule has 0 amide bonds. The molecule has 0 aromatic heterocycles. The molecule has 0 aliphatic rings. The predicted molar refractivity (Wildman–Crippen MR) is 49.6 cm³/mol. The summed E-state index contributed by atoms with van der Waals surface area (Å²) in [6, 6.07) is 0. The maximum Gasteiger partial charge on any atom is 0.309 e. The topological polar surface area (TPSA) is 43.4 Å². The first kappa shape index (κ1) is 12.6. The van der Waals surface area contributed by atoms with E-state index < -0.39 is 17.5 Å². The van der Waals surface area contributed by atoms with E-state index in [1.807, 2.05) is 0 Å². The van der Waals surface area contributed by atoms with E-state index in [1.165, 1.54) is 7.11 Å². The number of ether oxygens (including phenoxy) is 1. The van der Waals surface area contributed by atoms with E-state index in [1.54, 1.807) is 6.92 Å². The highest BCUT2D eigenvalue weighted by molar-refractivity contribution is 7.85. The number of halogens is 1. The van der Waals surface area contributed by atoms with Crippen molar-refractivity contribution in [3.8, 4) is 0 Å². The van der Waals surface area contributed by atoms with Gasteiger partial charge in [-0.05, 0) is 6.42 Å². The summed E-state index contributed by atoms with van der Waals surface area (Å²) in [7, 11) is 0.182. The molecule has 0 saturated heterocycles. The van der Waals surface area contributed by atoms with Crippen molar-refractivity contribution in [1.82, 2.24) is 0 Å². The Labute approximate surface area is 80.1 Å². The smallest absolute Gasteiger partial charge is 0.309 e. The summed E-state index contributed by atoms with van der Waals surface area (Å²) < 4.78 is 27.3. The number of alkyl halides is 1. The number of esters is 1. The van der Waals surface area contributed by atoms with Crippen LogP contribution in [-0.4, -0.2) is 35.5 Å². The third-order valence-corrected chi connectivity index (χ3v) is 3.16. The van der Waals surface area contributed by atoms with Gasteiger partial charge in [0.15, 0.2) is 0 Å². The number of carbonyl (C=O) groups excluding carboxylic acids is 1. The Morgan fingerprint density at radius 2 is 2.23 bits per heavy atom. The van der Waals surface area contributed by atoms with Gasteiger partial charge in [-0.15, -0.1) is 0 Å². The minimum Gasteiger partial charge on any atom is -0.469 e. The van der Waals surface area contributed by atoms with Crippen LogP contribution in [0.4, 0.5) is 4.39 Å². The second-order valence-electron chi connectivity index (χ2n) is 2.78. The molecule has 2 unspecified atom stereocenters. The van der Waals surface area contributed by atoms with Crippen molar-refractivity contribution in [3.05, 3.63) is 0 Å². The molecular formula is C8H15FO3S. The Bertz CT molecular complexity index is 184. The van der Waals surface area contributed by atoms with Crippen LogP contribution >= 0.6 is 0 Å². The van der Waals surface area contributed by atoms with Gasteiger partial charge in [-0.2, -0.15) is 0 Å². The third kappa shape index (κ3) is 5.74. The first-order valence-corrected chi connectivity index (χ1v) is 5.59. The SMILES string of the molecule is COC(=O)C(C)CS(=O)CCCF. The summed E-state index contributed by atoms with van der Waals surface area (Å²) in [6.07, 6.45) is 0.292. The number of methoxy groups -OCH3 is 1. The lowest BCUT2D eigenvalue weighted by Gasteiger charge is -2.07. The summed E-state index contributed by atoms with van der Waals surface area (Å²) in [5, 5.41) is 0. The molecule has 0 heterocycles. The van der Waals surface area contributed by atoms with Gasteiger partial charge in [-0.25, -0.2) is 0 Å². The molecule has 0 radical (unpaired) electrons. The summed E-state index contributed by atoms with van der Waals surface area (Å²) in [5.41, 5.74) is 0. The second-order valence-corrected chi connectivity index (χ2v) is 4.40. The second kappa shape index (κ2) is 7.00. The van der Waals surface area contributed by atoms with Gasteiger partial charge in [-0.3, -0.25) is 13.4 Å². The number of carbonyl (C=O) groups is 1. The molecule has 78 valence electrons. The average Bonchev–Trinajstić information content (AvgIpc) is 2.13. The van der Waals surface area contributed by atoms with Crippen molar-refractivity contribution >= 4 is 16.8 Å². The van der Waals surface area contributed by atoms with E-state index >= 15 is 0 Å². The Morgan fingerprint density at radius 3 is 2.69 bits per heavy atom. The summed E-state index contributed by atoms with van der Waals surface area (Å²) >= 11 is 0. The lowest BCUT2D eigenvalue weighted by atomic mass is 10.2. The van der Waals surface area contributed by atoms with Crippen LogP contribution in [0.15, 0.2) is 0 Å². The van der Waals surface area contributed by atoms with E-state index in [-0.39, 0.29) is 17.6 Å². The van der Waals surface area contributed by atoms with E-state index in [9.17, 15) is 13.4 Å². The molecule has 0 N–H and O–H groups in total. The van der Waals surface area contributed by atoms with Gasteiger partial charge in [0.05, 0.1) is 19.7 Å². The molecule has 13 heavy (non-hydrogen) atoms. The van der Waals surface area contributed by atoms with E-state index in [0.717, 1.165) is 0 Å². The number of hydrogen-bond donors (Lipinski definition) is 0. The van der Waals surface area contributed by atoms with Crippen molar-refractivity contribution in [2.75, 3.05) is 25.3 Å². The highest BCUT2D eigenvalue weighted by Gasteiger charge is 2.15. The van der Waals surface area contributed by atoms with Gasteiger partial charge in [0.1, 0.15) is 0 Å². The average molecular weight is 210 g/mol. The van der Waals surface area contributed by atoms with Gasteiger partial charge >= 0.3 is 5.97 Å². The first-order chi connectivity index (χ1) is 6.11. The fourth-order valence-corrected chi connectivity index (χ4v) is 2.14. The predicted octanol–water partition coefficient (Wildman–Crippen LogP) is 0.904. The van der Waals surface area contributed by atoms with Crippen LogP contribution in [0.5, 0.6) is 0 Å². The normalized spacial score (nSPS) is 15.0. The monoisotopic (exact) mass is 210 g/mol. The molecule has 0 aliphatic heterocycles. The van der Waals surface area contributed by atoms with Gasteiger partial charge in [0, 0.05) is 22.3 Å². The van der Waals surface area contributed by atoms with Crippen LogP contribution in [0.2, 0.25) is 0 Å². The number of rotatable bonds is 6. The van der Waals surface area contributed by atoms with Gasteiger partial charge in [0.25, 0.3) is 0 Å². The zero-order chi connectivity index (χ0) is 10.3. The Balaban J connectivity index is 3.71. The maximum atomic E-state index is 11.7. The van der Waals surface area contributed by atoms with E-state index in [2.05, 4.69) is 4.74 Å². The fraction of sp³-hybridized carbons (Fsp3) is 0.875. The highest BCUT2D eigenvalue weighted by Crippen LogP contribution is 2.01. The lowest BCUT2D eigenvalue weighted by molar-refractivity contribution is -0.144. The minimum atomic E-state index is -1.11. The molecule has 2 atom stereocenters. The first-order valence-electron chi connectivity index (χ1n) is 4.10. The van der Waals surface area contributed by atoms with Crippen LogP contribution in [0.3, 0.4) is 0 Å². The molecule has 0 saturated carbocycles. The van der Waals surface area contributed by atoms with Crippen molar-refractivity contribution in [2.45, 2.75) is 13.3 Å². The number of hydrogen-bond acceptors (Lipinski definition) is 3. The molecule has 0 fully saturated rings. The maximum absolute atomic E-state index is 11.7. The largest absolute Gasteiger partial charge is 0.469 e. The molecule has 0 rings (SSSR count). The van der Waals surface area contributed by atoms with Gasteiger partial charge in [-0.1, -0.05) is 6.92 Å². The van der Waals surface area contributed by atoms with Gasteiger partial charge < -0.3 is 4.74 Å². The fourth-order valence-electron chi connectivity index (χ4n) is 0.847. The molecule has 5 heteroatoms. The van der Waals surface area contributed by atoms with Crippen LogP contribution in [0.25, 0.3) is 0 Å². The summed E-state index contributed by atoms with van der Waals surface area (Å²) in [4.78, 5) is 10.9. The lowest BCUT2D eigenvalue weighted by Crippen LogP contribution is -2.20. The van der Waals surface area contributed by atoms with Crippen molar-refractivity contribution in [2.24, 2.45) is 5.92 Å². The molecule has 0 aromatic carbocycles. The highest BCUT2D eigenvalue weighted by atomic mass is 32.2. The van der Waals surface area contributed by atoms with Crippen molar-refractivity contribution in [3.63, 3.8) is 0 Å². The van der Waals surface area contributed by atoms with Crippen LogP contribution in [0.1, 0.15) is 13.3 Å². The Morgan fingerprint density at radius 1 is 1.62 bits per heavy atom. The molecule has 0 spiro atoms. The Hall–Kier alpha value is -0.450. The standard InChI is InChI=1S/C8H15FO3S/c1-7(8(10)12-2)6-13(11)5-3-4-9/h7H,3-6H2,1-2H3. The van der Waals surface area contributed by atoms with Gasteiger partial charge in [0.2, 0.25) is 0 Å². The Kier molecular flexibility index (Phi) is 6.76. The summed E-state index contributed by atoms with van der Waals surface area (Å²) in [5.74, 6) is -0.163.